The molecule has 8 heteroatoms. The Morgan fingerprint density at radius 3 is 2.35 bits per heavy atom. The fourth-order valence-corrected chi connectivity index (χ4v) is 3.54. The zero-order chi connectivity index (χ0) is 25.0. The Bertz CT molecular complexity index is 1160. The summed E-state index contributed by atoms with van der Waals surface area (Å²) in [6.07, 6.45) is 0. The highest BCUT2D eigenvalue weighted by Gasteiger charge is 2.26. The van der Waals surface area contributed by atoms with Crippen molar-refractivity contribution < 1.29 is 14.3 Å². The molecule has 2 amide bonds. The van der Waals surface area contributed by atoms with Crippen LogP contribution in [-0.2, 0) is 10.2 Å². The molecular weight excluding hydrogens is 452 g/mol. The summed E-state index contributed by atoms with van der Waals surface area (Å²) < 4.78 is 7.01. The average Bonchev–Trinajstić information content (AvgIpc) is 3.21. The molecule has 0 unspecified atom stereocenters. The van der Waals surface area contributed by atoms with E-state index in [4.69, 9.17) is 21.4 Å². The van der Waals surface area contributed by atoms with Gasteiger partial charge in [0.25, 0.3) is 5.91 Å². The number of carbonyl (C=O) groups excluding carboxylic acids is 2. The van der Waals surface area contributed by atoms with Gasteiger partial charge in [-0.3, -0.25) is 9.59 Å². The van der Waals surface area contributed by atoms with Crippen LogP contribution in [0.25, 0.3) is 5.69 Å². The number of aromatic nitrogens is 2. The molecule has 0 radical (unpaired) electrons. The van der Waals surface area contributed by atoms with Crippen molar-refractivity contribution in [3.63, 3.8) is 0 Å². The number of carbonyl (C=O) groups is 2. The van der Waals surface area contributed by atoms with Gasteiger partial charge in [-0.25, -0.2) is 4.68 Å². The van der Waals surface area contributed by atoms with Crippen LogP contribution in [-0.4, -0.2) is 46.2 Å². The van der Waals surface area contributed by atoms with E-state index in [-0.39, 0.29) is 29.8 Å². The number of hydrogen-bond acceptors (Lipinski definition) is 4. The van der Waals surface area contributed by atoms with Gasteiger partial charge in [-0.1, -0.05) is 44.5 Å². The van der Waals surface area contributed by atoms with Crippen LogP contribution < -0.4 is 10.1 Å². The SMILES string of the molecule is COc1ccccc1C(=O)N(CC(=O)Nc1cc(C(C)(C)C)nn1-c1ccc(Cl)cc1)C(C)C. The number of ether oxygens (including phenoxy) is 1. The third-order valence-corrected chi connectivity index (χ3v) is 5.60. The third kappa shape index (κ3) is 5.78. The lowest BCUT2D eigenvalue weighted by Gasteiger charge is -2.27. The third-order valence-electron chi connectivity index (χ3n) is 5.35. The number of methoxy groups -OCH3 is 1. The molecule has 0 aliphatic rings. The van der Waals surface area contributed by atoms with E-state index in [0.717, 1.165) is 11.4 Å². The summed E-state index contributed by atoms with van der Waals surface area (Å²) in [6.45, 7) is 9.79. The Kier molecular flexibility index (Phi) is 7.67. The summed E-state index contributed by atoms with van der Waals surface area (Å²) in [6, 6.07) is 15.9. The van der Waals surface area contributed by atoms with Crippen LogP contribution >= 0.6 is 11.6 Å². The average molecular weight is 483 g/mol. The number of nitrogens with one attached hydrogen (secondary N) is 1. The Labute approximate surface area is 205 Å². The molecule has 3 rings (SSSR count). The van der Waals surface area contributed by atoms with E-state index in [2.05, 4.69) is 26.1 Å². The second-order valence-corrected chi connectivity index (χ2v) is 9.76. The highest BCUT2D eigenvalue weighted by molar-refractivity contribution is 6.30. The minimum absolute atomic E-state index is 0.120. The van der Waals surface area contributed by atoms with E-state index in [1.807, 2.05) is 32.0 Å². The monoisotopic (exact) mass is 482 g/mol. The predicted molar refractivity (Wildman–Crippen MR) is 135 cm³/mol. The first-order valence-electron chi connectivity index (χ1n) is 11.1. The molecule has 0 saturated carbocycles. The molecule has 7 nitrogen and oxygen atoms in total. The lowest BCUT2D eigenvalue weighted by Crippen LogP contribution is -2.42. The largest absolute Gasteiger partial charge is 0.496 e. The number of amides is 2. The van der Waals surface area contributed by atoms with Crippen LogP contribution in [0.5, 0.6) is 5.75 Å². The standard InChI is InChI=1S/C26H31ClN4O3/c1-17(2)30(25(33)20-9-7-8-10-21(20)34-6)16-24(32)28-23-15-22(26(3,4)5)29-31(23)19-13-11-18(27)12-14-19/h7-15,17H,16H2,1-6H3,(H,28,32). The van der Waals surface area contributed by atoms with Gasteiger partial charge < -0.3 is 15.0 Å². The molecule has 1 aromatic heterocycles. The first-order chi connectivity index (χ1) is 16.0. The highest BCUT2D eigenvalue weighted by Crippen LogP contribution is 2.27. The van der Waals surface area contributed by atoms with Crippen LogP contribution in [0.4, 0.5) is 5.82 Å². The molecule has 34 heavy (non-hydrogen) atoms. The maximum atomic E-state index is 13.2. The molecule has 0 aliphatic heterocycles. The summed E-state index contributed by atoms with van der Waals surface area (Å²) in [7, 11) is 1.52. The summed E-state index contributed by atoms with van der Waals surface area (Å²) >= 11 is 6.04. The van der Waals surface area contributed by atoms with Crippen molar-refractivity contribution in [2.45, 2.75) is 46.1 Å². The molecule has 0 fully saturated rings. The van der Waals surface area contributed by atoms with Gasteiger partial charge >= 0.3 is 0 Å². The number of benzene rings is 2. The lowest BCUT2D eigenvalue weighted by atomic mass is 9.92. The number of para-hydroxylation sites is 1. The lowest BCUT2D eigenvalue weighted by molar-refractivity contribution is -0.117. The fourth-order valence-electron chi connectivity index (χ4n) is 3.42. The van der Waals surface area contributed by atoms with Crippen LogP contribution in [0.3, 0.4) is 0 Å². The Balaban J connectivity index is 1.88. The predicted octanol–water partition coefficient (Wildman–Crippen LogP) is 5.32. The van der Waals surface area contributed by atoms with Crippen LogP contribution in [0.2, 0.25) is 5.02 Å². The minimum atomic E-state index is -0.326. The van der Waals surface area contributed by atoms with E-state index < -0.39 is 0 Å². The van der Waals surface area contributed by atoms with Gasteiger partial charge in [0.15, 0.2) is 0 Å². The molecule has 0 atom stereocenters. The van der Waals surface area contributed by atoms with Crippen molar-refractivity contribution in [2.24, 2.45) is 0 Å². The summed E-state index contributed by atoms with van der Waals surface area (Å²) in [5, 5.41) is 8.27. The van der Waals surface area contributed by atoms with Crippen molar-refractivity contribution in [1.29, 1.82) is 0 Å². The van der Waals surface area contributed by atoms with Gasteiger partial charge in [0.1, 0.15) is 18.1 Å². The molecule has 0 spiro atoms. The maximum absolute atomic E-state index is 13.2. The van der Waals surface area contributed by atoms with E-state index in [1.54, 1.807) is 41.1 Å². The zero-order valence-electron chi connectivity index (χ0n) is 20.4. The van der Waals surface area contributed by atoms with Gasteiger partial charge in [0.05, 0.1) is 24.1 Å². The molecule has 1 heterocycles. The second-order valence-electron chi connectivity index (χ2n) is 9.33. The van der Waals surface area contributed by atoms with Gasteiger partial charge in [-0.05, 0) is 50.2 Å². The van der Waals surface area contributed by atoms with Crippen molar-refractivity contribution in [3.05, 3.63) is 70.9 Å². The number of nitrogens with zero attached hydrogens (tertiary/aromatic N) is 3. The second kappa shape index (κ2) is 10.3. The quantitative estimate of drug-likeness (QED) is 0.494. The molecule has 0 bridgehead atoms. The van der Waals surface area contributed by atoms with Crippen LogP contribution in [0.1, 0.15) is 50.7 Å². The number of rotatable bonds is 7. The molecular formula is C26H31ClN4O3. The van der Waals surface area contributed by atoms with Gasteiger partial charge in [0, 0.05) is 22.5 Å². The van der Waals surface area contributed by atoms with Crippen molar-refractivity contribution in [1.82, 2.24) is 14.7 Å². The van der Waals surface area contributed by atoms with Gasteiger partial charge in [-0.2, -0.15) is 5.10 Å². The molecule has 0 aliphatic carbocycles. The van der Waals surface area contributed by atoms with Gasteiger partial charge in [0.2, 0.25) is 5.91 Å². The van der Waals surface area contributed by atoms with E-state index in [0.29, 0.717) is 22.2 Å². The summed E-state index contributed by atoms with van der Waals surface area (Å²) in [5.41, 5.74) is 1.78. The minimum Gasteiger partial charge on any atom is -0.496 e. The highest BCUT2D eigenvalue weighted by atomic mass is 35.5. The van der Waals surface area contributed by atoms with Crippen LogP contribution in [0.15, 0.2) is 54.6 Å². The molecule has 3 aromatic rings. The van der Waals surface area contributed by atoms with Crippen molar-refractivity contribution in [2.75, 3.05) is 19.0 Å². The fraction of sp³-hybridized carbons (Fsp3) is 0.346. The first kappa shape index (κ1) is 25.3. The first-order valence-corrected chi connectivity index (χ1v) is 11.5. The summed E-state index contributed by atoms with van der Waals surface area (Å²) in [5.74, 6) is 0.386. The molecule has 2 aromatic carbocycles. The van der Waals surface area contributed by atoms with E-state index in [1.165, 1.54) is 12.0 Å². The Hall–Kier alpha value is -3.32. The molecule has 0 saturated heterocycles. The Morgan fingerprint density at radius 2 is 1.76 bits per heavy atom. The Morgan fingerprint density at radius 1 is 1.12 bits per heavy atom. The van der Waals surface area contributed by atoms with E-state index in [9.17, 15) is 9.59 Å². The van der Waals surface area contributed by atoms with Crippen LogP contribution in [0, 0.1) is 0 Å². The topological polar surface area (TPSA) is 76.5 Å². The maximum Gasteiger partial charge on any atom is 0.258 e. The smallest absolute Gasteiger partial charge is 0.258 e. The van der Waals surface area contributed by atoms with Crippen molar-refractivity contribution in [3.8, 4) is 11.4 Å². The number of anilines is 1. The zero-order valence-corrected chi connectivity index (χ0v) is 21.2. The molecule has 1 N–H and O–H groups in total. The van der Waals surface area contributed by atoms with E-state index >= 15 is 0 Å². The van der Waals surface area contributed by atoms with Gasteiger partial charge in [-0.15, -0.1) is 0 Å². The normalized spacial score (nSPS) is 11.4. The molecule has 180 valence electrons. The van der Waals surface area contributed by atoms with Crippen molar-refractivity contribution >= 4 is 29.2 Å². The number of halogens is 1. The number of hydrogen-bond donors (Lipinski definition) is 1. The summed E-state index contributed by atoms with van der Waals surface area (Å²) in [4.78, 5) is 27.9.